The molecule has 6 unspecified atom stereocenters. The van der Waals surface area contributed by atoms with Gasteiger partial charge in [0.05, 0.1) is 6.61 Å². The first-order valence-electron chi connectivity index (χ1n) is 19.5. The van der Waals surface area contributed by atoms with Crippen molar-refractivity contribution >= 4 is 19.8 Å². The highest BCUT2D eigenvalue weighted by Gasteiger charge is 2.51. The Morgan fingerprint density at radius 2 is 1.00 bits per heavy atom. The van der Waals surface area contributed by atoms with Crippen molar-refractivity contribution in [3.8, 4) is 0 Å². The highest BCUT2D eigenvalue weighted by Crippen LogP contribution is 2.47. The van der Waals surface area contributed by atoms with Crippen molar-refractivity contribution in [1.29, 1.82) is 0 Å². The molecule has 0 saturated heterocycles. The summed E-state index contributed by atoms with van der Waals surface area (Å²) in [6.07, 6.45) is 13.0. The molecular formula is C37H69O13P. The summed E-state index contributed by atoms with van der Waals surface area (Å²) in [5, 5.41) is 49.9. The van der Waals surface area contributed by atoms with Gasteiger partial charge in [-0.15, -0.1) is 0 Å². The molecule has 0 aromatic carbocycles. The lowest BCUT2D eigenvalue weighted by atomic mass is 9.85. The Kier molecular flexibility index (Phi) is 27.1. The zero-order valence-corrected chi connectivity index (χ0v) is 32.0. The third-order valence-corrected chi connectivity index (χ3v) is 10.1. The van der Waals surface area contributed by atoms with Crippen LogP contribution in [0.3, 0.4) is 0 Å². The van der Waals surface area contributed by atoms with Crippen LogP contribution in [0.1, 0.15) is 155 Å². The van der Waals surface area contributed by atoms with E-state index in [-0.39, 0.29) is 12.8 Å². The van der Waals surface area contributed by atoms with Crippen molar-refractivity contribution in [2.45, 2.75) is 198 Å². The number of aliphatic hydroxyl groups excluding tert-OH is 5. The van der Waals surface area contributed by atoms with Crippen LogP contribution in [0.2, 0.25) is 0 Å². The normalized spacial score (nSPS) is 24.0. The molecule has 6 N–H and O–H groups in total. The largest absolute Gasteiger partial charge is 0.472 e. The monoisotopic (exact) mass is 752 g/mol. The highest BCUT2D eigenvalue weighted by molar-refractivity contribution is 7.47. The van der Waals surface area contributed by atoms with Crippen LogP contribution >= 0.6 is 7.82 Å². The van der Waals surface area contributed by atoms with Gasteiger partial charge in [0, 0.05) is 12.8 Å². The summed E-state index contributed by atoms with van der Waals surface area (Å²) >= 11 is 0. The predicted octanol–water partition coefficient (Wildman–Crippen LogP) is 5.94. The van der Waals surface area contributed by atoms with E-state index in [9.17, 15) is 44.6 Å². The van der Waals surface area contributed by atoms with Crippen molar-refractivity contribution in [1.82, 2.24) is 0 Å². The van der Waals surface area contributed by atoms with Crippen LogP contribution in [0.15, 0.2) is 12.2 Å². The quantitative estimate of drug-likeness (QED) is 0.0210. The molecule has 0 radical (unpaired) electrons. The standard InChI is InChI=1S/C37H69O13P/c1-3-5-7-9-11-13-15-16-18-19-21-23-25-30(38)47-27-29(49-31(39)26-24-22-20-17-14-12-10-8-6-4-2)28-48-51(45,46)50-37-35(43)33(41)32(40)34(42)36(37)44/h11,13,29,32-37,40-44H,3-10,12,14-28H2,1-2H3,(H,45,46)/b13-11+/t29-,32?,33-,34?,35?,36?,37?/m1/s1. The van der Waals surface area contributed by atoms with E-state index in [4.69, 9.17) is 18.5 Å². The Morgan fingerprint density at radius 3 is 1.53 bits per heavy atom. The van der Waals surface area contributed by atoms with E-state index in [0.29, 0.717) is 12.8 Å². The predicted molar refractivity (Wildman–Crippen MR) is 194 cm³/mol. The highest BCUT2D eigenvalue weighted by atomic mass is 31.2. The molecule has 13 nitrogen and oxygen atoms in total. The molecule has 0 amide bonds. The van der Waals surface area contributed by atoms with Gasteiger partial charge in [0.2, 0.25) is 0 Å². The number of hydrogen-bond acceptors (Lipinski definition) is 12. The third kappa shape index (κ3) is 22.4. The zero-order chi connectivity index (χ0) is 37.9. The number of aliphatic hydroxyl groups is 5. The summed E-state index contributed by atoms with van der Waals surface area (Å²) in [6.45, 7) is 3.21. The number of esters is 2. The molecule has 1 fully saturated rings. The number of rotatable bonds is 31. The van der Waals surface area contributed by atoms with Crippen molar-refractivity contribution in [2.75, 3.05) is 13.2 Å². The first-order chi connectivity index (χ1) is 24.4. The molecule has 0 aromatic rings. The molecule has 0 aromatic heterocycles. The molecule has 0 heterocycles. The summed E-state index contributed by atoms with van der Waals surface area (Å²) in [5.41, 5.74) is 0. The van der Waals surface area contributed by atoms with Crippen LogP contribution in [-0.2, 0) is 32.7 Å². The Bertz CT molecular complexity index is 964. The second-order valence-corrected chi connectivity index (χ2v) is 15.2. The fourth-order valence-electron chi connectivity index (χ4n) is 5.87. The van der Waals surface area contributed by atoms with Crippen LogP contribution in [0.4, 0.5) is 0 Å². The van der Waals surface area contributed by atoms with Crippen LogP contribution in [0, 0.1) is 0 Å². The molecule has 1 rings (SSSR count). The van der Waals surface area contributed by atoms with Crippen molar-refractivity contribution in [3.05, 3.63) is 12.2 Å². The second kappa shape index (κ2) is 29.0. The fraction of sp³-hybridized carbons (Fsp3) is 0.892. The minimum absolute atomic E-state index is 0.0987. The minimum atomic E-state index is -5.10. The Hall–Kier alpha value is -1.41. The van der Waals surface area contributed by atoms with E-state index < -0.39 is 75.7 Å². The zero-order valence-electron chi connectivity index (χ0n) is 31.2. The maximum atomic E-state index is 12.7. The number of ether oxygens (including phenoxy) is 2. The molecule has 0 aliphatic heterocycles. The van der Waals surface area contributed by atoms with Crippen LogP contribution in [0.25, 0.3) is 0 Å². The third-order valence-electron chi connectivity index (χ3n) is 9.11. The number of carbonyl (C=O) groups is 2. The summed E-state index contributed by atoms with van der Waals surface area (Å²) in [7, 11) is -5.10. The van der Waals surface area contributed by atoms with Gasteiger partial charge < -0.3 is 39.9 Å². The fourth-order valence-corrected chi connectivity index (χ4v) is 6.84. The van der Waals surface area contributed by atoms with E-state index >= 15 is 0 Å². The first-order valence-corrected chi connectivity index (χ1v) is 21.0. The number of phosphoric ester groups is 1. The lowest BCUT2D eigenvalue weighted by molar-refractivity contribution is -0.220. The average Bonchev–Trinajstić information content (AvgIpc) is 3.10. The second-order valence-electron chi connectivity index (χ2n) is 13.8. The maximum Gasteiger partial charge on any atom is 0.472 e. The van der Waals surface area contributed by atoms with Gasteiger partial charge in [-0.1, -0.05) is 116 Å². The number of unbranched alkanes of at least 4 members (excludes halogenated alkanes) is 17. The van der Waals surface area contributed by atoms with E-state index in [1.807, 2.05) is 0 Å². The molecule has 1 aliphatic rings. The Labute approximate surface area is 305 Å². The van der Waals surface area contributed by atoms with Crippen LogP contribution in [-0.4, -0.2) is 98.3 Å². The van der Waals surface area contributed by atoms with Gasteiger partial charge in [0.1, 0.15) is 43.2 Å². The minimum Gasteiger partial charge on any atom is -0.462 e. The first kappa shape index (κ1) is 47.6. The average molecular weight is 753 g/mol. The van der Waals surface area contributed by atoms with E-state index in [1.54, 1.807) is 0 Å². The van der Waals surface area contributed by atoms with Crippen molar-refractivity contribution < 1.29 is 63.1 Å². The molecule has 14 heteroatoms. The van der Waals surface area contributed by atoms with Crippen LogP contribution in [0.5, 0.6) is 0 Å². The summed E-state index contributed by atoms with van der Waals surface area (Å²) in [4.78, 5) is 35.4. The number of carbonyl (C=O) groups excluding carboxylic acids is 2. The van der Waals surface area contributed by atoms with Crippen LogP contribution < -0.4 is 0 Å². The van der Waals surface area contributed by atoms with E-state index in [1.165, 1.54) is 51.4 Å². The van der Waals surface area contributed by atoms with Gasteiger partial charge in [0.25, 0.3) is 0 Å². The summed E-state index contributed by atoms with van der Waals surface area (Å²) in [5.74, 6) is -1.11. The smallest absolute Gasteiger partial charge is 0.462 e. The number of phosphoric acid groups is 1. The van der Waals surface area contributed by atoms with Gasteiger partial charge in [0.15, 0.2) is 6.10 Å². The lowest BCUT2D eigenvalue weighted by Crippen LogP contribution is -2.64. The molecule has 1 saturated carbocycles. The van der Waals surface area contributed by atoms with Gasteiger partial charge in [-0.25, -0.2) is 4.57 Å². The van der Waals surface area contributed by atoms with Crippen molar-refractivity contribution in [2.24, 2.45) is 0 Å². The Balaban J connectivity index is 2.55. The molecule has 0 bridgehead atoms. The van der Waals surface area contributed by atoms with E-state index in [0.717, 1.165) is 64.2 Å². The SMILES string of the molecule is CCCCC/C=C/CCCCCCCC(=O)OC[C@H](COP(=O)(O)OC1C(O)C(O)C(O)[C@@H](O)C1O)OC(=O)CCCCCCCCCCCC. The number of hydrogen-bond donors (Lipinski definition) is 6. The number of allylic oxidation sites excluding steroid dienone is 2. The van der Waals surface area contributed by atoms with Crippen molar-refractivity contribution in [3.63, 3.8) is 0 Å². The maximum absolute atomic E-state index is 12.7. The molecule has 0 spiro atoms. The van der Waals surface area contributed by atoms with Gasteiger partial charge >= 0.3 is 19.8 Å². The molecule has 1 aliphatic carbocycles. The molecular weight excluding hydrogens is 683 g/mol. The molecule has 51 heavy (non-hydrogen) atoms. The summed E-state index contributed by atoms with van der Waals surface area (Å²) in [6, 6.07) is 0. The lowest BCUT2D eigenvalue weighted by Gasteiger charge is -2.41. The van der Waals surface area contributed by atoms with Gasteiger partial charge in [-0.2, -0.15) is 0 Å². The molecule has 8 atom stereocenters. The summed E-state index contributed by atoms with van der Waals surface area (Å²) < 4.78 is 33.3. The molecule has 300 valence electrons. The van der Waals surface area contributed by atoms with E-state index in [2.05, 4.69) is 26.0 Å². The van der Waals surface area contributed by atoms with Gasteiger partial charge in [-0.05, 0) is 38.5 Å². The van der Waals surface area contributed by atoms with Gasteiger partial charge in [-0.3, -0.25) is 18.6 Å². The Morgan fingerprint density at radius 1 is 0.588 bits per heavy atom. The topological polar surface area (TPSA) is 210 Å².